The molecule has 0 amide bonds. The van der Waals surface area contributed by atoms with Crippen molar-refractivity contribution in [2.45, 2.75) is 6.61 Å². The Labute approximate surface area is 121 Å². The molecule has 0 radical (unpaired) electrons. The van der Waals surface area contributed by atoms with Gasteiger partial charge in [0.2, 0.25) is 0 Å². The van der Waals surface area contributed by atoms with Gasteiger partial charge in [-0.3, -0.25) is 0 Å². The van der Waals surface area contributed by atoms with E-state index < -0.39 is 5.63 Å². The van der Waals surface area contributed by atoms with Crippen LogP contribution in [0.5, 0.6) is 5.75 Å². The lowest BCUT2D eigenvalue weighted by Gasteiger charge is -2.13. The van der Waals surface area contributed by atoms with Gasteiger partial charge < -0.3 is 14.3 Å². The zero-order valence-electron chi connectivity index (χ0n) is 11.5. The number of fused-ring (bicyclic) bond motifs is 1. The van der Waals surface area contributed by atoms with Gasteiger partial charge in [-0.1, -0.05) is 36.4 Å². The van der Waals surface area contributed by atoms with Gasteiger partial charge in [-0.2, -0.15) is 0 Å². The zero-order chi connectivity index (χ0) is 14.8. The van der Waals surface area contributed by atoms with Gasteiger partial charge in [-0.05, 0) is 12.1 Å². The Hall–Kier alpha value is -2.59. The summed E-state index contributed by atoms with van der Waals surface area (Å²) >= 11 is 0. The quantitative estimate of drug-likeness (QED) is 0.750. The molecular formula is C17H14O4. The standard InChI is InChI=1S/C17H14O4/c1-20-14-8-4-2-6-11(14)16-12-7-3-5-9-15(12)21-17(19)13(16)10-18/h2-9,18H,10H2,1H3. The molecule has 2 aromatic carbocycles. The lowest BCUT2D eigenvalue weighted by Crippen LogP contribution is -2.10. The molecule has 0 saturated heterocycles. The summed E-state index contributed by atoms with van der Waals surface area (Å²) in [5, 5.41) is 10.4. The predicted molar refractivity (Wildman–Crippen MR) is 80.4 cm³/mol. The third-order valence-corrected chi connectivity index (χ3v) is 3.44. The van der Waals surface area contributed by atoms with Crippen LogP contribution in [-0.2, 0) is 6.61 Å². The van der Waals surface area contributed by atoms with Crippen molar-refractivity contribution in [2.75, 3.05) is 7.11 Å². The number of ether oxygens (including phenoxy) is 1. The lowest BCUT2D eigenvalue weighted by atomic mass is 9.96. The first kappa shape index (κ1) is 13.4. The second-order valence-electron chi connectivity index (χ2n) is 4.60. The Bertz CT molecular complexity index is 849. The summed E-state index contributed by atoms with van der Waals surface area (Å²) < 4.78 is 10.6. The number of benzene rings is 2. The second kappa shape index (κ2) is 5.42. The molecule has 1 N–H and O–H groups in total. The summed E-state index contributed by atoms with van der Waals surface area (Å²) in [5.74, 6) is 0.642. The van der Waals surface area contributed by atoms with Crippen molar-refractivity contribution in [3.63, 3.8) is 0 Å². The third-order valence-electron chi connectivity index (χ3n) is 3.44. The molecule has 0 fully saturated rings. The summed E-state index contributed by atoms with van der Waals surface area (Å²) in [6.45, 7) is -0.388. The minimum atomic E-state index is -0.530. The van der Waals surface area contributed by atoms with Gasteiger partial charge in [0.05, 0.1) is 19.3 Å². The van der Waals surface area contributed by atoms with Crippen LogP contribution in [0, 0.1) is 0 Å². The number of hydrogen-bond acceptors (Lipinski definition) is 4. The Morgan fingerprint density at radius 3 is 2.57 bits per heavy atom. The minimum absolute atomic E-state index is 0.234. The van der Waals surface area contributed by atoms with E-state index >= 15 is 0 Å². The molecule has 0 aliphatic heterocycles. The second-order valence-corrected chi connectivity index (χ2v) is 4.60. The highest BCUT2D eigenvalue weighted by atomic mass is 16.5. The fraction of sp³-hybridized carbons (Fsp3) is 0.118. The first-order valence-corrected chi connectivity index (χ1v) is 6.55. The normalized spacial score (nSPS) is 10.8. The summed E-state index contributed by atoms with van der Waals surface area (Å²) in [6.07, 6.45) is 0. The van der Waals surface area contributed by atoms with E-state index in [9.17, 15) is 9.90 Å². The number of para-hydroxylation sites is 2. The molecule has 0 spiro atoms. The lowest BCUT2D eigenvalue weighted by molar-refractivity contribution is 0.276. The van der Waals surface area contributed by atoms with Gasteiger partial charge in [0.1, 0.15) is 11.3 Å². The molecule has 0 atom stereocenters. The SMILES string of the molecule is COc1ccccc1-c1c(CO)c(=O)oc2ccccc12. The van der Waals surface area contributed by atoms with Crippen molar-refractivity contribution in [3.8, 4) is 16.9 Å². The summed E-state index contributed by atoms with van der Waals surface area (Å²) in [7, 11) is 1.57. The van der Waals surface area contributed by atoms with Crippen molar-refractivity contribution < 1.29 is 14.3 Å². The smallest absolute Gasteiger partial charge is 0.342 e. The highest BCUT2D eigenvalue weighted by Crippen LogP contribution is 2.36. The molecule has 1 aromatic heterocycles. The van der Waals surface area contributed by atoms with Crippen LogP contribution >= 0.6 is 0 Å². The topological polar surface area (TPSA) is 59.7 Å². The van der Waals surface area contributed by atoms with Crippen LogP contribution in [0.1, 0.15) is 5.56 Å². The maximum atomic E-state index is 12.1. The molecule has 106 valence electrons. The number of aliphatic hydroxyl groups excluding tert-OH is 1. The van der Waals surface area contributed by atoms with Gasteiger partial charge in [0.25, 0.3) is 0 Å². The van der Waals surface area contributed by atoms with Crippen LogP contribution in [0.15, 0.2) is 57.7 Å². The molecule has 4 heteroatoms. The summed E-state index contributed by atoms with van der Waals surface area (Å²) in [6, 6.07) is 14.7. The van der Waals surface area contributed by atoms with E-state index in [1.165, 1.54) is 0 Å². The van der Waals surface area contributed by atoms with E-state index in [2.05, 4.69) is 0 Å². The Kier molecular flexibility index (Phi) is 3.46. The highest BCUT2D eigenvalue weighted by molar-refractivity contribution is 5.96. The van der Waals surface area contributed by atoms with Gasteiger partial charge in [-0.25, -0.2) is 4.79 Å². The Morgan fingerprint density at radius 1 is 1.10 bits per heavy atom. The number of aliphatic hydroxyl groups is 1. The van der Waals surface area contributed by atoms with E-state index in [-0.39, 0.29) is 12.2 Å². The van der Waals surface area contributed by atoms with Crippen LogP contribution in [0.25, 0.3) is 22.1 Å². The van der Waals surface area contributed by atoms with Crippen LogP contribution in [0.3, 0.4) is 0 Å². The largest absolute Gasteiger partial charge is 0.496 e. The molecule has 0 saturated carbocycles. The molecule has 4 nitrogen and oxygen atoms in total. The number of methoxy groups -OCH3 is 1. The Morgan fingerprint density at radius 2 is 1.81 bits per heavy atom. The average molecular weight is 282 g/mol. The van der Waals surface area contributed by atoms with E-state index in [1.54, 1.807) is 19.2 Å². The van der Waals surface area contributed by atoms with Crippen LogP contribution < -0.4 is 10.4 Å². The maximum absolute atomic E-state index is 12.1. The first-order chi connectivity index (χ1) is 10.3. The molecule has 0 aliphatic carbocycles. The molecular weight excluding hydrogens is 268 g/mol. The predicted octanol–water partition coefficient (Wildman–Crippen LogP) is 2.96. The highest BCUT2D eigenvalue weighted by Gasteiger charge is 2.17. The summed E-state index contributed by atoms with van der Waals surface area (Å²) in [4.78, 5) is 12.1. The first-order valence-electron chi connectivity index (χ1n) is 6.55. The molecule has 3 rings (SSSR count). The van der Waals surface area contributed by atoms with E-state index in [0.717, 1.165) is 10.9 Å². The third kappa shape index (κ3) is 2.19. The van der Waals surface area contributed by atoms with Crippen molar-refractivity contribution >= 4 is 11.0 Å². The minimum Gasteiger partial charge on any atom is -0.496 e. The number of rotatable bonds is 3. The van der Waals surface area contributed by atoms with Crippen LogP contribution in [0.4, 0.5) is 0 Å². The maximum Gasteiger partial charge on any atom is 0.342 e. The average Bonchev–Trinajstić information content (AvgIpc) is 2.53. The van der Waals surface area contributed by atoms with Gasteiger partial charge in [-0.15, -0.1) is 0 Å². The van der Waals surface area contributed by atoms with Gasteiger partial charge in [0.15, 0.2) is 0 Å². The van der Waals surface area contributed by atoms with Crippen molar-refractivity contribution in [1.29, 1.82) is 0 Å². The fourth-order valence-corrected chi connectivity index (χ4v) is 2.49. The zero-order valence-corrected chi connectivity index (χ0v) is 11.5. The fourth-order valence-electron chi connectivity index (χ4n) is 2.49. The Balaban J connectivity index is 2.47. The van der Waals surface area contributed by atoms with Gasteiger partial charge in [0, 0.05) is 16.5 Å². The molecule has 0 aliphatic rings. The molecule has 21 heavy (non-hydrogen) atoms. The molecule has 0 bridgehead atoms. The van der Waals surface area contributed by atoms with Crippen molar-refractivity contribution in [2.24, 2.45) is 0 Å². The van der Waals surface area contributed by atoms with Crippen LogP contribution in [0.2, 0.25) is 0 Å². The summed E-state index contributed by atoms with van der Waals surface area (Å²) in [5.41, 5.74) is 1.60. The van der Waals surface area contributed by atoms with Gasteiger partial charge >= 0.3 is 5.63 Å². The number of hydrogen-bond donors (Lipinski definition) is 1. The molecule has 1 heterocycles. The van der Waals surface area contributed by atoms with E-state index in [1.807, 2.05) is 36.4 Å². The van der Waals surface area contributed by atoms with Crippen LogP contribution in [-0.4, -0.2) is 12.2 Å². The van der Waals surface area contributed by atoms with E-state index in [4.69, 9.17) is 9.15 Å². The molecule has 3 aromatic rings. The molecule has 0 unspecified atom stereocenters. The van der Waals surface area contributed by atoms with Crippen molar-refractivity contribution in [1.82, 2.24) is 0 Å². The van der Waals surface area contributed by atoms with Crippen molar-refractivity contribution in [3.05, 3.63) is 64.5 Å². The van der Waals surface area contributed by atoms with E-state index in [0.29, 0.717) is 16.9 Å². The monoisotopic (exact) mass is 282 g/mol.